The van der Waals surface area contributed by atoms with Crippen LogP contribution in [0.2, 0.25) is 5.15 Å². The Morgan fingerprint density at radius 2 is 2.30 bits per heavy atom. The van der Waals surface area contributed by atoms with Crippen LogP contribution in [0.3, 0.4) is 0 Å². The lowest BCUT2D eigenvalue weighted by molar-refractivity contribution is -0.385. The van der Waals surface area contributed by atoms with Gasteiger partial charge in [-0.05, 0) is 12.1 Å². The third-order valence-electron chi connectivity index (χ3n) is 2.33. The lowest BCUT2D eigenvalue weighted by Crippen LogP contribution is -1.94. The minimum Gasteiger partial charge on any atom is -0.496 e. The van der Waals surface area contributed by atoms with Gasteiger partial charge in [-0.3, -0.25) is 10.1 Å². The van der Waals surface area contributed by atoms with Gasteiger partial charge >= 0.3 is 5.69 Å². The number of aliphatic hydroxyl groups excluding tert-OH is 1. The lowest BCUT2D eigenvalue weighted by atomic mass is 10.3. The summed E-state index contributed by atoms with van der Waals surface area (Å²) in [5.74, 6) is 0.364. The Morgan fingerprint density at radius 1 is 1.55 bits per heavy atom. The SMILES string of the molecule is COc1ccc(Oc2nc(Cl)c(CO)s2)c([N+](=O)[O-])c1. The molecule has 0 saturated heterocycles. The number of halogens is 1. The van der Waals surface area contributed by atoms with E-state index in [0.717, 1.165) is 11.3 Å². The number of nitro groups is 1. The first kappa shape index (κ1) is 14.5. The van der Waals surface area contributed by atoms with Gasteiger partial charge in [-0.25, -0.2) is 0 Å². The molecule has 0 amide bonds. The van der Waals surface area contributed by atoms with Crippen molar-refractivity contribution in [2.45, 2.75) is 6.61 Å². The van der Waals surface area contributed by atoms with Gasteiger partial charge in [0.2, 0.25) is 5.75 Å². The number of nitrogens with zero attached hydrogens (tertiary/aromatic N) is 2. The fourth-order valence-electron chi connectivity index (χ4n) is 1.40. The number of rotatable bonds is 5. The highest BCUT2D eigenvalue weighted by Crippen LogP contribution is 2.37. The number of thiazole rings is 1. The molecule has 0 atom stereocenters. The Kier molecular flexibility index (Phi) is 4.38. The molecular weight excluding hydrogens is 308 g/mol. The topological polar surface area (TPSA) is 94.7 Å². The molecule has 106 valence electrons. The fraction of sp³-hybridized carbons (Fsp3) is 0.182. The summed E-state index contributed by atoms with van der Waals surface area (Å²) >= 11 is 6.78. The molecular formula is C11H9ClN2O5S. The fourth-order valence-corrected chi connectivity index (χ4v) is 2.38. The van der Waals surface area contributed by atoms with Gasteiger partial charge in [0, 0.05) is 0 Å². The number of methoxy groups -OCH3 is 1. The van der Waals surface area contributed by atoms with Gasteiger partial charge in [-0.2, -0.15) is 4.98 Å². The summed E-state index contributed by atoms with van der Waals surface area (Å²) < 4.78 is 10.3. The van der Waals surface area contributed by atoms with E-state index < -0.39 is 4.92 Å². The van der Waals surface area contributed by atoms with Crippen LogP contribution in [0.15, 0.2) is 18.2 Å². The molecule has 0 spiro atoms. The number of hydrogen-bond donors (Lipinski definition) is 1. The molecule has 20 heavy (non-hydrogen) atoms. The summed E-state index contributed by atoms with van der Waals surface area (Å²) in [6, 6.07) is 4.19. The smallest absolute Gasteiger partial charge is 0.315 e. The van der Waals surface area contributed by atoms with Crippen LogP contribution in [0.1, 0.15) is 4.88 Å². The van der Waals surface area contributed by atoms with Crippen molar-refractivity contribution in [2.24, 2.45) is 0 Å². The van der Waals surface area contributed by atoms with Gasteiger partial charge in [0.25, 0.3) is 5.19 Å². The maximum atomic E-state index is 11.0. The molecule has 0 aliphatic carbocycles. The number of hydrogen-bond acceptors (Lipinski definition) is 7. The summed E-state index contributed by atoms with van der Waals surface area (Å²) in [5, 5.41) is 20.2. The zero-order chi connectivity index (χ0) is 14.7. The van der Waals surface area contributed by atoms with Crippen LogP contribution in [0, 0.1) is 10.1 Å². The normalized spacial score (nSPS) is 10.3. The summed E-state index contributed by atoms with van der Waals surface area (Å²) in [6.07, 6.45) is 0. The average Bonchev–Trinajstić information content (AvgIpc) is 2.79. The summed E-state index contributed by atoms with van der Waals surface area (Å²) in [5.41, 5.74) is -0.249. The summed E-state index contributed by atoms with van der Waals surface area (Å²) in [6.45, 7) is -0.273. The molecule has 0 unspecified atom stereocenters. The third-order valence-corrected chi connectivity index (χ3v) is 3.68. The molecule has 2 rings (SSSR count). The highest BCUT2D eigenvalue weighted by molar-refractivity contribution is 7.13. The van der Waals surface area contributed by atoms with E-state index in [0.29, 0.717) is 10.6 Å². The third kappa shape index (κ3) is 2.98. The minimum absolute atomic E-state index is 0.0192. The molecule has 0 aliphatic heterocycles. The Balaban J connectivity index is 2.34. The predicted molar refractivity (Wildman–Crippen MR) is 72.8 cm³/mol. The predicted octanol–water partition coefficient (Wildman–Crippen LogP) is 3.00. The molecule has 0 fully saturated rings. The molecule has 2 aromatic rings. The molecule has 0 saturated carbocycles. The standard InChI is InChI=1S/C11H9ClN2O5S/c1-18-6-2-3-8(7(4-6)14(16)17)19-11-13-10(12)9(5-15)20-11/h2-4,15H,5H2,1H3. The largest absolute Gasteiger partial charge is 0.496 e. The van der Waals surface area contributed by atoms with Gasteiger partial charge in [-0.15, -0.1) is 0 Å². The first-order chi connectivity index (χ1) is 9.55. The number of aromatic nitrogens is 1. The van der Waals surface area contributed by atoms with E-state index in [-0.39, 0.29) is 28.4 Å². The molecule has 1 heterocycles. The van der Waals surface area contributed by atoms with Crippen molar-refractivity contribution in [1.82, 2.24) is 4.98 Å². The van der Waals surface area contributed by atoms with Crippen molar-refractivity contribution >= 4 is 28.6 Å². The first-order valence-corrected chi connectivity index (χ1v) is 6.51. The number of nitro benzene ring substituents is 1. The highest BCUT2D eigenvalue weighted by atomic mass is 35.5. The molecule has 7 nitrogen and oxygen atoms in total. The second kappa shape index (κ2) is 6.04. The Bertz CT molecular complexity index is 646. The van der Waals surface area contributed by atoms with E-state index in [1.54, 1.807) is 0 Å². The van der Waals surface area contributed by atoms with Crippen molar-refractivity contribution in [2.75, 3.05) is 7.11 Å². The van der Waals surface area contributed by atoms with Crippen LogP contribution >= 0.6 is 22.9 Å². The van der Waals surface area contributed by atoms with E-state index in [1.165, 1.54) is 25.3 Å². The highest BCUT2D eigenvalue weighted by Gasteiger charge is 2.19. The van der Waals surface area contributed by atoms with Crippen LogP contribution in [0.5, 0.6) is 16.7 Å². The average molecular weight is 317 g/mol. The molecule has 1 aromatic heterocycles. The number of aliphatic hydroxyl groups is 1. The number of ether oxygens (including phenoxy) is 2. The maximum Gasteiger partial charge on any atom is 0.315 e. The van der Waals surface area contributed by atoms with Crippen molar-refractivity contribution in [3.05, 3.63) is 38.3 Å². The van der Waals surface area contributed by atoms with E-state index in [1.807, 2.05) is 0 Å². The van der Waals surface area contributed by atoms with Crippen LogP contribution in [-0.4, -0.2) is 22.1 Å². The van der Waals surface area contributed by atoms with Crippen molar-refractivity contribution < 1.29 is 19.5 Å². The van der Waals surface area contributed by atoms with Crippen LogP contribution in [0.25, 0.3) is 0 Å². The maximum absolute atomic E-state index is 11.0. The van der Waals surface area contributed by atoms with Crippen LogP contribution in [0.4, 0.5) is 5.69 Å². The molecule has 0 bridgehead atoms. The van der Waals surface area contributed by atoms with E-state index in [2.05, 4.69) is 4.98 Å². The summed E-state index contributed by atoms with van der Waals surface area (Å²) in [4.78, 5) is 14.7. The Morgan fingerprint density at radius 3 is 2.85 bits per heavy atom. The lowest BCUT2D eigenvalue weighted by Gasteiger charge is -2.04. The van der Waals surface area contributed by atoms with Gasteiger partial charge < -0.3 is 14.6 Å². The molecule has 9 heteroatoms. The molecule has 0 aliphatic rings. The van der Waals surface area contributed by atoms with Gasteiger partial charge in [0.15, 0.2) is 0 Å². The van der Waals surface area contributed by atoms with Crippen molar-refractivity contribution in [1.29, 1.82) is 0 Å². The Hall–Kier alpha value is -1.90. The van der Waals surface area contributed by atoms with Crippen molar-refractivity contribution in [3.8, 4) is 16.7 Å². The van der Waals surface area contributed by atoms with Crippen molar-refractivity contribution in [3.63, 3.8) is 0 Å². The zero-order valence-electron chi connectivity index (χ0n) is 10.2. The van der Waals surface area contributed by atoms with Gasteiger partial charge in [-0.1, -0.05) is 22.9 Å². The quantitative estimate of drug-likeness (QED) is 0.673. The van der Waals surface area contributed by atoms with Crippen LogP contribution < -0.4 is 9.47 Å². The second-order valence-corrected chi connectivity index (χ2v) is 4.95. The molecule has 1 N–H and O–H groups in total. The second-order valence-electron chi connectivity index (χ2n) is 3.54. The number of benzene rings is 1. The van der Waals surface area contributed by atoms with Crippen LogP contribution in [-0.2, 0) is 6.61 Å². The van der Waals surface area contributed by atoms with E-state index in [4.69, 9.17) is 26.2 Å². The van der Waals surface area contributed by atoms with Gasteiger partial charge in [0.05, 0.1) is 29.6 Å². The van der Waals surface area contributed by atoms with Gasteiger partial charge in [0.1, 0.15) is 10.9 Å². The molecule has 1 aromatic carbocycles. The van der Waals surface area contributed by atoms with E-state index >= 15 is 0 Å². The summed E-state index contributed by atoms with van der Waals surface area (Å²) in [7, 11) is 1.41. The zero-order valence-corrected chi connectivity index (χ0v) is 11.8. The monoisotopic (exact) mass is 316 g/mol. The Labute approximate surface area is 122 Å². The van der Waals surface area contributed by atoms with E-state index in [9.17, 15) is 10.1 Å². The molecule has 0 radical (unpaired) electrons. The first-order valence-electron chi connectivity index (χ1n) is 5.31. The minimum atomic E-state index is -0.583.